The van der Waals surface area contributed by atoms with Gasteiger partial charge in [-0.15, -0.1) is 22.7 Å². The van der Waals surface area contributed by atoms with Crippen LogP contribution in [-0.4, -0.2) is 16.6 Å². The Kier molecular flexibility index (Phi) is 5.69. The van der Waals surface area contributed by atoms with Crippen LogP contribution in [0, 0.1) is 0 Å². The van der Waals surface area contributed by atoms with Crippen LogP contribution in [0.15, 0.2) is 47.2 Å². The minimum atomic E-state index is 0.186. The molecular formula is C16H17N3OS3. The van der Waals surface area contributed by atoms with E-state index >= 15 is 0 Å². The van der Waals surface area contributed by atoms with Crippen LogP contribution < -0.4 is 10.0 Å². The van der Waals surface area contributed by atoms with Crippen molar-refractivity contribution in [2.24, 2.45) is 0 Å². The maximum absolute atomic E-state index is 8.79. The van der Waals surface area contributed by atoms with Crippen LogP contribution in [0.4, 0.5) is 5.69 Å². The van der Waals surface area contributed by atoms with Crippen molar-refractivity contribution < 1.29 is 4.55 Å². The topological polar surface area (TPSA) is 57.2 Å². The predicted octanol–water partition coefficient (Wildman–Crippen LogP) is 4.91. The summed E-state index contributed by atoms with van der Waals surface area (Å²) < 4.78 is 11.6. The molecule has 0 aliphatic carbocycles. The summed E-state index contributed by atoms with van der Waals surface area (Å²) in [6.07, 6.45) is 0.872. The molecule has 1 aromatic carbocycles. The fraction of sp³-hybridized carbons (Fsp3) is 0.188. The zero-order valence-corrected chi connectivity index (χ0v) is 15.0. The molecule has 2 heterocycles. The largest absolute Gasteiger partial charge is 0.312 e. The Labute approximate surface area is 148 Å². The summed E-state index contributed by atoms with van der Waals surface area (Å²) >= 11 is 4.01. The van der Waals surface area contributed by atoms with Crippen LogP contribution in [0.3, 0.4) is 0 Å². The summed E-state index contributed by atoms with van der Waals surface area (Å²) in [6, 6.07) is 12.4. The molecule has 1 unspecified atom stereocenters. The number of nitrogens with zero attached hydrogens (tertiary/aromatic N) is 1. The first kappa shape index (κ1) is 16.5. The molecule has 0 amide bonds. The maximum Gasteiger partial charge on any atom is 0.133 e. The molecule has 4 nitrogen and oxygen atoms in total. The number of anilines is 1. The number of nitrogens with one attached hydrogen (secondary N) is 2. The molecule has 0 spiro atoms. The van der Waals surface area contributed by atoms with Gasteiger partial charge >= 0.3 is 0 Å². The van der Waals surface area contributed by atoms with E-state index < -0.39 is 0 Å². The summed E-state index contributed by atoms with van der Waals surface area (Å²) in [6.45, 7) is 0. The molecule has 3 aromatic rings. The van der Waals surface area contributed by atoms with Gasteiger partial charge in [0.05, 0.1) is 16.6 Å². The van der Waals surface area contributed by atoms with Crippen molar-refractivity contribution in [3.8, 4) is 9.88 Å². The lowest BCUT2D eigenvalue weighted by Crippen LogP contribution is -2.19. The Morgan fingerprint density at radius 3 is 2.70 bits per heavy atom. The van der Waals surface area contributed by atoms with E-state index in [1.165, 1.54) is 10.4 Å². The van der Waals surface area contributed by atoms with Crippen molar-refractivity contribution in [1.29, 1.82) is 0 Å². The van der Waals surface area contributed by atoms with Crippen LogP contribution >= 0.6 is 34.9 Å². The van der Waals surface area contributed by atoms with E-state index in [4.69, 9.17) is 9.54 Å². The third-order valence-corrected chi connectivity index (χ3v) is 5.74. The SMILES string of the molecule is CNC(Cc1ccc(NSO)cc1)c1csc(-c2cccs2)n1. The van der Waals surface area contributed by atoms with Crippen LogP contribution in [0.5, 0.6) is 0 Å². The monoisotopic (exact) mass is 363 g/mol. The van der Waals surface area contributed by atoms with Gasteiger partial charge in [0.1, 0.15) is 17.2 Å². The average Bonchev–Trinajstić information content (AvgIpc) is 3.25. The van der Waals surface area contributed by atoms with Gasteiger partial charge in [-0.25, -0.2) is 4.98 Å². The first-order valence-electron chi connectivity index (χ1n) is 7.12. The normalized spacial score (nSPS) is 12.3. The Hall–Kier alpha value is -1.38. The molecule has 120 valence electrons. The Balaban J connectivity index is 1.72. The molecule has 2 aromatic heterocycles. The molecule has 0 saturated carbocycles. The first-order chi connectivity index (χ1) is 11.3. The minimum Gasteiger partial charge on any atom is -0.312 e. The van der Waals surface area contributed by atoms with Crippen molar-refractivity contribution in [1.82, 2.24) is 10.3 Å². The summed E-state index contributed by atoms with van der Waals surface area (Å²) in [4.78, 5) is 6.00. The van der Waals surface area contributed by atoms with Gasteiger partial charge in [0.25, 0.3) is 0 Å². The zero-order chi connectivity index (χ0) is 16.1. The molecule has 0 fully saturated rings. The van der Waals surface area contributed by atoms with E-state index in [1.54, 1.807) is 22.7 Å². The van der Waals surface area contributed by atoms with Crippen LogP contribution in [0.1, 0.15) is 17.3 Å². The standard InChI is InChI=1S/C16H17N3OS3/c1-17-13(9-11-4-6-12(7-5-11)19-23-20)14-10-22-16(18-14)15-3-2-8-21-15/h2-8,10,13,17,19-20H,9H2,1H3. The average molecular weight is 364 g/mol. The van der Waals surface area contributed by atoms with Gasteiger partial charge in [0, 0.05) is 11.1 Å². The van der Waals surface area contributed by atoms with Gasteiger partial charge < -0.3 is 14.6 Å². The highest BCUT2D eigenvalue weighted by Gasteiger charge is 2.15. The van der Waals surface area contributed by atoms with E-state index in [2.05, 4.69) is 45.1 Å². The number of rotatable bonds is 7. The maximum atomic E-state index is 8.79. The van der Waals surface area contributed by atoms with Crippen LogP contribution in [0.25, 0.3) is 9.88 Å². The van der Waals surface area contributed by atoms with E-state index in [1.807, 2.05) is 19.2 Å². The third kappa shape index (κ3) is 4.13. The smallest absolute Gasteiger partial charge is 0.133 e. The minimum absolute atomic E-state index is 0.186. The number of hydrogen-bond acceptors (Lipinski definition) is 7. The summed E-state index contributed by atoms with van der Waals surface area (Å²) in [5, 5.41) is 8.64. The predicted molar refractivity (Wildman–Crippen MR) is 101 cm³/mol. The summed E-state index contributed by atoms with van der Waals surface area (Å²) in [5.41, 5.74) is 3.19. The summed E-state index contributed by atoms with van der Waals surface area (Å²) in [7, 11) is 1.97. The third-order valence-electron chi connectivity index (χ3n) is 3.52. The highest BCUT2D eigenvalue weighted by Crippen LogP contribution is 2.30. The first-order valence-corrected chi connectivity index (χ1v) is 9.65. The van der Waals surface area contributed by atoms with E-state index in [0.29, 0.717) is 12.2 Å². The number of aromatic nitrogens is 1. The highest BCUT2D eigenvalue weighted by molar-refractivity contribution is 7.95. The second-order valence-electron chi connectivity index (χ2n) is 4.99. The molecule has 7 heteroatoms. The fourth-order valence-electron chi connectivity index (χ4n) is 2.31. The second-order valence-corrected chi connectivity index (χ2v) is 7.18. The number of likely N-dealkylation sites (N-methyl/N-ethyl adjacent to an activating group) is 1. The van der Waals surface area contributed by atoms with Gasteiger partial charge in [-0.05, 0) is 42.6 Å². The van der Waals surface area contributed by atoms with E-state index in [9.17, 15) is 0 Å². The van der Waals surface area contributed by atoms with Gasteiger partial charge in [-0.2, -0.15) is 0 Å². The number of benzene rings is 1. The van der Waals surface area contributed by atoms with Gasteiger partial charge in [-0.3, -0.25) is 0 Å². The summed E-state index contributed by atoms with van der Waals surface area (Å²) in [5.74, 6) is 0. The van der Waals surface area contributed by atoms with Crippen LogP contribution in [-0.2, 0) is 6.42 Å². The van der Waals surface area contributed by atoms with Crippen molar-refractivity contribution >= 4 is 40.6 Å². The number of thiophene rings is 1. The quantitative estimate of drug-likeness (QED) is 0.411. The lowest BCUT2D eigenvalue weighted by Gasteiger charge is -2.14. The molecule has 0 saturated heterocycles. The van der Waals surface area contributed by atoms with Gasteiger partial charge in [0.15, 0.2) is 0 Å². The van der Waals surface area contributed by atoms with Gasteiger partial charge in [0.2, 0.25) is 0 Å². The molecule has 0 aliphatic heterocycles. The second kappa shape index (κ2) is 7.94. The van der Waals surface area contributed by atoms with Crippen molar-refractivity contribution in [3.05, 3.63) is 58.4 Å². The molecule has 23 heavy (non-hydrogen) atoms. The van der Waals surface area contributed by atoms with Crippen LogP contribution in [0.2, 0.25) is 0 Å². The molecule has 0 radical (unpaired) electrons. The molecule has 0 bridgehead atoms. The lowest BCUT2D eigenvalue weighted by molar-refractivity contribution is 0.579. The highest BCUT2D eigenvalue weighted by atomic mass is 32.2. The van der Waals surface area contributed by atoms with E-state index in [-0.39, 0.29) is 6.04 Å². The zero-order valence-electron chi connectivity index (χ0n) is 12.5. The van der Waals surface area contributed by atoms with E-state index in [0.717, 1.165) is 22.8 Å². The Morgan fingerprint density at radius 1 is 1.22 bits per heavy atom. The number of thiazole rings is 1. The molecular weight excluding hydrogens is 346 g/mol. The molecule has 1 atom stereocenters. The Bertz CT molecular complexity index is 725. The Morgan fingerprint density at radius 2 is 2.04 bits per heavy atom. The van der Waals surface area contributed by atoms with Crippen molar-refractivity contribution in [3.63, 3.8) is 0 Å². The lowest BCUT2D eigenvalue weighted by atomic mass is 10.0. The molecule has 3 rings (SSSR count). The van der Waals surface area contributed by atoms with Crippen molar-refractivity contribution in [2.45, 2.75) is 12.5 Å². The van der Waals surface area contributed by atoms with Crippen molar-refractivity contribution in [2.75, 3.05) is 11.8 Å². The fourth-order valence-corrected chi connectivity index (χ4v) is 4.24. The molecule has 0 aliphatic rings. The number of hydrogen-bond donors (Lipinski definition) is 3. The molecule has 3 N–H and O–H groups in total. The van der Waals surface area contributed by atoms with Gasteiger partial charge in [-0.1, -0.05) is 18.2 Å².